The summed E-state index contributed by atoms with van der Waals surface area (Å²) in [7, 11) is 0. The average molecular weight is 270 g/mol. The third-order valence-corrected chi connectivity index (χ3v) is 3.50. The lowest BCUT2D eigenvalue weighted by atomic mass is 10.0. The Kier molecular flexibility index (Phi) is 3.49. The van der Waals surface area contributed by atoms with Gasteiger partial charge in [-0.1, -0.05) is 54.6 Å². The zero-order valence-electron chi connectivity index (χ0n) is 11.7. The molecule has 2 nitrogen and oxygen atoms in total. The van der Waals surface area contributed by atoms with E-state index >= 15 is 0 Å². The number of aromatic nitrogens is 1. The average Bonchev–Trinajstić information content (AvgIpc) is 2.55. The molecule has 0 aliphatic heterocycles. The van der Waals surface area contributed by atoms with Gasteiger partial charge in [0.15, 0.2) is 5.69 Å². The zero-order valence-corrected chi connectivity index (χ0v) is 11.7. The molecule has 0 aliphatic carbocycles. The van der Waals surface area contributed by atoms with Gasteiger partial charge in [0.1, 0.15) is 0 Å². The zero-order chi connectivity index (χ0) is 14.7. The maximum Gasteiger partial charge on any atom is 0.196 e. The maximum absolute atomic E-state index is 7.26. The van der Waals surface area contributed by atoms with E-state index in [4.69, 9.17) is 6.57 Å². The third kappa shape index (κ3) is 2.54. The summed E-state index contributed by atoms with van der Waals surface area (Å²) >= 11 is 0. The number of hydrogen-bond acceptors (Lipinski definition) is 1. The molecule has 21 heavy (non-hydrogen) atoms. The fraction of sp³-hybridized carbons (Fsp3) is 0.0526. The van der Waals surface area contributed by atoms with Crippen LogP contribution in [0, 0.1) is 13.5 Å². The first-order valence-corrected chi connectivity index (χ1v) is 6.78. The Morgan fingerprint density at radius 1 is 0.905 bits per heavy atom. The smallest absolute Gasteiger partial charge is 0.196 e. The first kappa shape index (κ1) is 13.1. The first-order valence-electron chi connectivity index (χ1n) is 6.78. The van der Waals surface area contributed by atoms with Crippen LogP contribution < -0.4 is 0 Å². The summed E-state index contributed by atoms with van der Waals surface area (Å²) in [6, 6.07) is 19.8. The number of pyridine rings is 1. The highest BCUT2D eigenvalue weighted by Crippen LogP contribution is 2.31. The summed E-state index contributed by atoms with van der Waals surface area (Å²) in [6.07, 6.45) is 1.89. The van der Waals surface area contributed by atoms with Crippen LogP contribution in [0.4, 0.5) is 5.69 Å². The van der Waals surface area contributed by atoms with Crippen LogP contribution >= 0.6 is 0 Å². The fourth-order valence-electron chi connectivity index (χ4n) is 2.41. The van der Waals surface area contributed by atoms with E-state index in [2.05, 4.69) is 28.9 Å². The van der Waals surface area contributed by atoms with Gasteiger partial charge in [0.25, 0.3) is 0 Å². The Hall–Kier alpha value is -2.92. The molecule has 3 rings (SSSR count). The predicted molar refractivity (Wildman–Crippen MR) is 86.1 cm³/mol. The topological polar surface area (TPSA) is 17.2 Å². The molecule has 2 aromatic carbocycles. The summed E-state index contributed by atoms with van der Waals surface area (Å²) in [4.78, 5) is 8.12. The minimum atomic E-state index is 0.636. The second-order valence-electron chi connectivity index (χ2n) is 4.88. The van der Waals surface area contributed by atoms with E-state index in [9.17, 15) is 0 Å². The minimum absolute atomic E-state index is 0.636. The van der Waals surface area contributed by atoms with Crippen molar-refractivity contribution < 1.29 is 0 Å². The summed E-state index contributed by atoms with van der Waals surface area (Å²) in [6.45, 7) is 9.34. The second kappa shape index (κ2) is 5.60. The predicted octanol–water partition coefficient (Wildman–Crippen LogP) is 5.27. The third-order valence-electron chi connectivity index (χ3n) is 3.50. The van der Waals surface area contributed by atoms with Crippen LogP contribution in [0.5, 0.6) is 0 Å². The Morgan fingerprint density at radius 2 is 1.62 bits per heavy atom. The lowest BCUT2D eigenvalue weighted by Gasteiger charge is -2.09. The van der Waals surface area contributed by atoms with Gasteiger partial charge in [0.2, 0.25) is 0 Å². The van der Waals surface area contributed by atoms with E-state index < -0.39 is 0 Å². The Bertz CT molecular complexity index is 814. The minimum Gasteiger partial charge on any atom is -0.257 e. The number of benzene rings is 2. The number of nitrogens with zero attached hydrogens (tertiary/aromatic N) is 2. The molecular weight excluding hydrogens is 256 g/mol. The van der Waals surface area contributed by atoms with Crippen LogP contribution in [0.2, 0.25) is 0 Å². The molecule has 100 valence electrons. The van der Waals surface area contributed by atoms with E-state index in [1.165, 1.54) is 0 Å². The number of para-hydroxylation sites is 1. The van der Waals surface area contributed by atoms with Gasteiger partial charge in [-0.15, -0.1) is 0 Å². The van der Waals surface area contributed by atoms with Crippen molar-refractivity contribution in [3.63, 3.8) is 0 Å². The maximum atomic E-state index is 7.26. The second-order valence-corrected chi connectivity index (χ2v) is 4.88. The number of hydrogen-bond donors (Lipinski definition) is 0. The van der Waals surface area contributed by atoms with Crippen molar-refractivity contribution in [1.82, 2.24) is 4.98 Å². The summed E-state index contributed by atoms with van der Waals surface area (Å²) < 4.78 is 0. The molecular formula is C19H14N2. The molecule has 0 spiro atoms. The molecule has 0 unspecified atom stereocenters. The number of rotatable bonds is 2. The number of aryl methyl sites for hydroxylation is 1. The normalized spacial score (nSPS) is 10.1. The molecule has 0 fully saturated rings. The molecule has 0 bridgehead atoms. The monoisotopic (exact) mass is 270 g/mol. The molecule has 0 radical (unpaired) electrons. The van der Waals surface area contributed by atoms with Gasteiger partial charge in [-0.2, -0.15) is 0 Å². The van der Waals surface area contributed by atoms with E-state index in [0.29, 0.717) is 5.69 Å². The molecule has 0 aliphatic rings. The SMILES string of the molecule is [C-]#[N+]c1ccccc1-c1cc(C)c(-c2ccccc2)cn1. The molecule has 0 atom stereocenters. The lowest BCUT2D eigenvalue weighted by Crippen LogP contribution is -1.89. The van der Waals surface area contributed by atoms with Crippen molar-refractivity contribution in [2.24, 2.45) is 0 Å². The highest BCUT2D eigenvalue weighted by atomic mass is 14.7. The Morgan fingerprint density at radius 3 is 2.33 bits per heavy atom. The lowest BCUT2D eigenvalue weighted by molar-refractivity contribution is 1.29. The van der Waals surface area contributed by atoms with Crippen LogP contribution in [-0.4, -0.2) is 4.98 Å². The van der Waals surface area contributed by atoms with Gasteiger partial charge in [-0.05, 0) is 24.1 Å². The van der Waals surface area contributed by atoms with Gasteiger partial charge in [0, 0.05) is 17.3 Å². The van der Waals surface area contributed by atoms with Crippen LogP contribution in [0.15, 0.2) is 66.9 Å². The Labute approximate surface area is 124 Å². The fourth-order valence-corrected chi connectivity index (χ4v) is 2.41. The van der Waals surface area contributed by atoms with Crippen molar-refractivity contribution in [3.05, 3.63) is 83.8 Å². The van der Waals surface area contributed by atoms with E-state index in [-0.39, 0.29) is 0 Å². The largest absolute Gasteiger partial charge is 0.257 e. The van der Waals surface area contributed by atoms with Crippen molar-refractivity contribution in [2.45, 2.75) is 6.92 Å². The van der Waals surface area contributed by atoms with Crippen LogP contribution in [0.1, 0.15) is 5.56 Å². The molecule has 0 N–H and O–H groups in total. The molecule has 1 heterocycles. The molecule has 1 aromatic heterocycles. The van der Waals surface area contributed by atoms with E-state index in [1.807, 2.05) is 54.7 Å². The molecule has 0 saturated heterocycles. The summed E-state index contributed by atoms with van der Waals surface area (Å²) in [5.41, 5.74) is 5.81. The summed E-state index contributed by atoms with van der Waals surface area (Å²) in [5, 5.41) is 0. The van der Waals surface area contributed by atoms with Gasteiger partial charge in [-0.3, -0.25) is 4.98 Å². The van der Waals surface area contributed by atoms with Gasteiger partial charge < -0.3 is 0 Å². The van der Waals surface area contributed by atoms with Crippen molar-refractivity contribution in [2.75, 3.05) is 0 Å². The van der Waals surface area contributed by atoms with Crippen molar-refractivity contribution in [1.29, 1.82) is 0 Å². The van der Waals surface area contributed by atoms with E-state index in [1.54, 1.807) is 0 Å². The van der Waals surface area contributed by atoms with Gasteiger partial charge in [0.05, 0.1) is 12.3 Å². The standard InChI is InChI=1S/C19H14N2/c1-14-12-19(16-10-6-7-11-18(16)20-2)21-13-17(14)15-8-4-3-5-9-15/h3-13H,1H3. The first-order chi connectivity index (χ1) is 10.3. The summed E-state index contributed by atoms with van der Waals surface area (Å²) in [5.74, 6) is 0. The quantitative estimate of drug-likeness (QED) is 0.579. The van der Waals surface area contributed by atoms with Gasteiger partial charge in [-0.25, -0.2) is 4.85 Å². The van der Waals surface area contributed by atoms with Gasteiger partial charge >= 0.3 is 0 Å². The van der Waals surface area contributed by atoms with Crippen LogP contribution in [0.3, 0.4) is 0 Å². The molecule has 0 saturated carbocycles. The van der Waals surface area contributed by atoms with Crippen LogP contribution in [-0.2, 0) is 0 Å². The highest BCUT2D eigenvalue weighted by Gasteiger charge is 2.08. The van der Waals surface area contributed by atoms with E-state index in [0.717, 1.165) is 27.9 Å². The molecule has 0 amide bonds. The van der Waals surface area contributed by atoms with Crippen LogP contribution in [0.25, 0.3) is 27.2 Å². The highest BCUT2D eigenvalue weighted by molar-refractivity contribution is 5.78. The molecule has 2 heteroatoms. The van der Waals surface area contributed by atoms with Crippen molar-refractivity contribution >= 4 is 5.69 Å². The molecule has 3 aromatic rings. The Balaban J connectivity index is 2.09. The van der Waals surface area contributed by atoms with Crippen molar-refractivity contribution in [3.8, 4) is 22.4 Å².